The third kappa shape index (κ3) is 12.1. The maximum Gasteiger partial charge on any atom is 0.326 e. The molecule has 1 heterocycles. The molecule has 4 amide bonds. The Hall–Kier alpha value is -3.75. The fourth-order valence-corrected chi connectivity index (χ4v) is 7.51. The number of carbonyl (C=O) groups is 5. The van der Waals surface area contributed by atoms with Crippen LogP contribution in [-0.4, -0.2) is 122 Å². The van der Waals surface area contributed by atoms with Gasteiger partial charge >= 0.3 is 5.97 Å². The summed E-state index contributed by atoms with van der Waals surface area (Å²) in [4.78, 5) is 70.4. The number of nitrogen functional groups attached to an aromatic ring is 1. The summed E-state index contributed by atoms with van der Waals surface area (Å²) in [6, 6.07) is 3.50. The molecule has 9 atom stereocenters. The van der Waals surface area contributed by atoms with E-state index < -0.39 is 60.2 Å². The second-order valence-corrected chi connectivity index (χ2v) is 15.2. The number of amides is 4. The Bertz CT molecular complexity index is 1370. The van der Waals surface area contributed by atoms with Gasteiger partial charge in [-0.2, -0.15) is 0 Å². The summed E-state index contributed by atoms with van der Waals surface area (Å²) in [5.41, 5.74) is 7.04. The first-order chi connectivity index (χ1) is 24.9. The monoisotopic (exact) mass is 746 g/mol. The number of ether oxygens (including phenoxy) is 2. The largest absolute Gasteiger partial charge is 0.480 e. The highest BCUT2D eigenvalue weighted by molar-refractivity contribution is 5.90. The van der Waals surface area contributed by atoms with E-state index in [2.05, 4.69) is 16.0 Å². The van der Waals surface area contributed by atoms with Crippen LogP contribution >= 0.6 is 0 Å². The van der Waals surface area contributed by atoms with Gasteiger partial charge in [-0.3, -0.25) is 19.2 Å². The number of likely N-dealkylation sites (N-methyl/N-ethyl adjacent to an activating group) is 2. The number of aliphatic carboxylic acids is 1. The lowest BCUT2D eigenvalue weighted by Crippen LogP contribution is -2.59. The van der Waals surface area contributed by atoms with Crippen LogP contribution in [0.1, 0.15) is 79.7 Å². The van der Waals surface area contributed by atoms with Gasteiger partial charge in [-0.25, -0.2) is 4.79 Å². The standard InChI is InChI=1S/C39H66N6O8/c1-12-24(6)34(44(9)38(49)33(23(4)5)43-37(48)32(41-8)22(2)3)30(52-10)21-31(46)45-18-14-17-29(45)35(53-11)25(7)36(47)42-28(39(50)51)20-26-15-13-16-27(40)19-26/h13,15-16,19,22-25,28-30,32-35,41H,12,14,17-18,20-21,40H2,1-11H3,(H,42,47)(H,43,48)(H,50,51)/t24-,25+,28-,29-,30+,32-,33-,34-,35+/m0/s1. The normalized spacial score (nSPS) is 19.1. The molecule has 14 heteroatoms. The van der Waals surface area contributed by atoms with E-state index in [1.54, 1.807) is 55.1 Å². The van der Waals surface area contributed by atoms with Crippen molar-refractivity contribution >= 4 is 35.3 Å². The van der Waals surface area contributed by atoms with Crippen LogP contribution in [0.5, 0.6) is 0 Å². The van der Waals surface area contributed by atoms with E-state index in [9.17, 15) is 29.1 Å². The number of carboxylic acid groups (broad SMARTS) is 1. The van der Waals surface area contributed by atoms with Crippen molar-refractivity contribution in [3.05, 3.63) is 29.8 Å². The van der Waals surface area contributed by atoms with Gasteiger partial charge in [-0.05, 0) is 55.3 Å². The first-order valence-corrected chi connectivity index (χ1v) is 18.9. The van der Waals surface area contributed by atoms with E-state index >= 15 is 0 Å². The Morgan fingerprint density at radius 1 is 0.981 bits per heavy atom. The van der Waals surface area contributed by atoms with Crippen LogP contribution in [0.4, 0.5) is 5.69 Å². The maximum absolute atomic E-state index is 14.1. The van der Waals surface area contributed by atoms with Crippen LogP contribution < -0.4 is 21.7 Å². The minimum absolute atomic E-state index is 0.0171. The number of benzene rings is 1. The van der Waals surface area contributed by atoms with Crippen LogP contribution in [0.15, 0.2) is 24.3 Å². The van der Waals surface area contributed by atoms with E-state index in [-0.39, 0.29) is 48.3 Å². The highest BCUT2D eigenvalue weighted by Crippen LogP contribution is 2.30. The number of carbonyl (C=O) groups excluding carboxylic acids is 4. The third-order valence-corrected chi connectivity index (χ3v) is 10.8. The molecule has 1 fully saturated rings. The molecule has 0 saturated carbocycles. The quantitative estimate of drug-likeness (QED) is 0.117. The molecule has 6 N–H and O–H groups in total. The summed E-state index contributed by atoms with van der Waals surface area (Å²) in [5, 5.41) is 18.6. The Kier molecular flexibility index (Phi) is 18.2. The predicted octanol–water partition coefficient (Wildman–Crippen LogP) is 2.69. The summed E-state index contributed by atoms with van der Waals surface area (Å²) in [6.45, 7) is 13.8. The van der Waals surface area contributed by atoms with E-state index in [1.165, 1.54) is 14.2 Å². The molecular weight excluding hydrogens is 680 g/mol. The van der Waals surface area contributed by atoms with Crippen molar-refractivity contribution in [2.45, 2.75) is 123 Å². The average molecular weight is 747 g/mol. The lowest BCUT2D eigenvalue weighted by molar-refractivity contribution is -0.148. The minimum Gasteiger partial charge on any atom is -0.480 e. The van der Waals surface area contributed by atoms with Crippen molar-refractivity contribution in [3.63, 3.8) is 0 Å². The molecule has 1 saturated heterocycles. The molecule has 53 heavy (non-hydrogen) atoms. The predicted molar refractivity (Wildman–Crippen MR) is 205 cm³/mol. The topological polar surface area (TPSA) is 193 Å². The number of nitrogens with two attached hydrogens (primary N) is 1. The first kappa shape index (κ1) is 45.4. The first-order valence-electron chi connectivity index (χ1n) is 18.9. The summed E-state index contributed by atoms with van der Waals surface area (Å²) < 4.78 is 11.8. The van der Waals surface area contributed by atoms with Crippen molar-refractivity contribution in [2.75, 3.05) is 40.6 Å². The molecule has 1 aromatic carbocycles. The zero-order chi connectivity index (χ0) is 40.2. The van der Waals surface area contributed by atoms with Crippen molar-refractivity contribution in [3.8, 4) is 0 Å². The van der Waals surface area contributed by atoms with E-state index in [0.29, 0.717) is 37.1 Å². The van der Waals surface area contributed by atoms with Gasteiger partial charge in [0.1, 0.15) is 12.1 Å². The van der Waals surface area contributed by atoms with E-state index in [0.717, 1.165) is 0 Å². The van der Waals surface area contributed by atoms with Crippen LogP contribution in [-0.2, 0) is 39.9 Å². The molecule has 14 nitrogen and oxygen atoms in total. The molecule has 1 aliphatic rings. The number of carboxylic acids is 1. The van der Waals surface area contributed by atoms with Crippen molar-refractivity contribution in [1.82, 2.24) is 25.8 Å². The third-order valence-electron chi connectivity index (χ3n) is 10.8. The van der Waals surface area contributed by atoms with Gasteiger partial charge < -0.3 is 46.1 Å². The molecular formula is C39H66N6O8. The highest BCUT2D eigenvalue weighted by atomic mass is 16.5. The van der Waals surface area contributed by atoms with Gasteiger partial charge in [0, 0.05) is 39.9 Å². The minimum atomic E-state index is -1.19. The smallest absolute Gasteiger partial charge is 0.326 e. The van der Waals surface area contributed by atoms with Gasteiger partial charge in [-0.1, -0.05) is 67.0 Å². The molecule has 0 radical (unpaired) electrons. The molecule has 1 aliphatic heterocycles. The average Bonchev–Trinajstić information content (AvgIpc) is 3.59. The van der Waals surface area contributed by atoms with Crippen LogP contribution in [0.25, 0.3) is 0 Å². The Morgan fingerprint density at radius 2 is 1.62 bits per heavy atom. The molecule has 2 rings (SSSR count). The summed E-state index contributed by atoms with van der Waals surface area (Å²) in [6.07, 6.45) is 0.662. The number of hydrogen-bond donors (Lipinski definition) is 5. The lowest BCUT2D eigenvalue weighted by Gasteiger charge is -2.41. The summed E-state index contributed by atoms with van der Waals surface area (Å²) >= 11 is 0. The molecule has 0 aliphatic carbocycles. The second-order valence-electron chi connectivity index (χ2n) is 15.2. The Morgan fingerprint density at radius 3 is 2.13 bits per heavy atom. The number of rotatable bonds is 21. The maximum atomic E-state index is 14.1. The van der Waals surface area contributed by atoms with Crippen molar-refractivity contribution < 1.29 is 38.6 Å². The molecule has 0 bridgehead atoms. The zero-order valence-electron chi connectivity index (χ0n) is 33.7. The fourth-order valence-electron chi connectivity index (χ4n) is 7.51. The molecule has 1 aromatic rings. The van der Waals surface area contributed by atoms with Crippen LogP contribution in [0.3, 0.4) is 0 Å². The second kappa shape index (κ2) is 21.2. The van der Waals surface area contributed by atoms with E-state index in [1.807, 2.05) is 41.5 Å². The number of anilines is 1. The number of nitrogens with zero attached hydrogens (tertiary/aromatic N) is 2. The molecule has 300 valence electrons. The van der Waals surface area contributed by atoms with Gasteiger partial charge in [0.15, 0.2) is 0 Å². The van der Waals surface area contributed by atoms with Gasteiger partial charge in [0.25, 0.3) is 0 Å². The molecule has 0 unspecified atom stereocenters. The number of likely N-dealkylation sites (tertiary alicyclic amines) is 1. The van der Waals surface area contributed by atoms with Gasteiger partial charge in [-0.15, -0.1) is 0 Å². The van der Waals surface area contributed by atoms with Crippen LogP contribution in [0.2, 0.25) is 0 Å². The lowest BCUT2D eigenvalue weighted by atomic mass is 9.89. The number of methoxy groups -OCH3 is 2. The zero-order valence-corrected chi connectivity index (χ0v) is 33.7. The van der Waals surface area contributed by atoms with Crippen LogP contribution in [0, 0.1) is 23.7 Å². The van der Waals surface area contributed by atoms with Gasteiger partial charge in [0.2, 0.25) is 23.6 Å². The Labute approximate surface area is 316 Å². The number of nitrogens with one attached hydrogen (secondary N) is 3. The van der Waals surface area contributed by atoms with Crippen molar-refractivity contribution in [1.29, 1.82) is 0 Å². The summed E-state index contributed by atoms with van der Waals surface area (Å²) in [5.74, 6) is -3.40. The summed E-state index contributed by atoms with van der Waals surface area (Å²) in [7, 11) is 6.43. The highest BCUT2D eigenvalue weighted by Gasteiger charge is 2.43. The van der Waals surface area contributed by atoms with E-state index in [4.69, 9.17) is 15.2 Å². The molecule has 0 aromatic heterocycles. The SMILES string of the molecule is CC[C@H](C)[C@@H]([C@@H](CC(=O)N1CCC[C@H]1[C@H](OC)[C@@H](C)C(=O)N[C@@H](Cc1cccc(N)c1)C(=O)O)OC)N(C)C(=O)[C@@H](NC(=O)[C@@H](NC)C(C)C)C(C)C. The van der Waals surface area contributed by atoms with Crippen molar-refractivity contribution in [2.24, 2.45) is 23.7 Å². The Balaban J connectivity index is 2.27. The molecule has 0 spiro atoms. The fraction of sp³-hybridized carbons (Fsp3) is 0.718. The number of hydrogen-bond acceptors (Lipinski definition) is 9. The van der Waals surface area contributed by atoms with Gasteiger partial charge in [0.05, 0.1) is 42.7 Å².